The van der Waals surface area contributed by atoms with E-state index in [2.05, 4.69) is 76.8 Å². The molecule has 0 aliphatic carbocycles. The first kappa shape index (κ1) is 81.3. The van der Waals surface area contributed by atoms with Gasteiger partial charge in [-0.1, -0.05) is 91.0 Å². The van der Waals surface area contributed by atoms with E-state index >= 15 is 0 Å². The summed E-state index contributed by atoms with van der Waals surface area (Å²) in [5.74, 6) is -3.62. The second-order valence-electron chi connectivity index (χ2n) is 29.6. The molecule has 9 saturated heterocycles. The van der Waals surface area contributed by atoms with E-state index in [0.29, 0.717) is 105 Å². The van der Waals surface area contributed by atoms with Gasteiger partial charge in [0.05, 0.1) is 62.5 Å². The van der Waals surface area contributed by atoms with Crippen LogP contribution >= 0.6 is 0 Å². The zero-order valence-electron chi connectivity index (χ0n) is 65.0. The van der Waals surface area contributed by atoms with E-state index in [9.17, 15) is 58.5 Å². The second-order valence-corrected chi connectivity index (χ2v) is 29.6. The molecular weight excluding hydrogens is 1570 g/mol. The number of nitrogens with zero attached hydrogens (tertiary/aromatic N) is 15. The summed E-state index contributed by atoms with van der Waals surface area (Å²) in [6.07, 6.45) is 0.892. The number of aromatic nitrogens is 12. The lowest BCUT2D eigenvalue weighted by Gasteiger charge is -2.25. The van der Waals surface area contributed by atoms with Crippen molar-refractivity contribution < 1.29 is 101 Å². The minimum Gasteiger partial charge on any atom is -0.481 e. The maximum atomic E-state index is 13.3. The van der Waals surface area contributed by atoms with Gasteiger partial charge < -0.3 is 88.6 Å². The number of fused-ring (bicyclic) bond motifs is 6. The number of benzene rings is 3. The Morgan fingerprint density at radius 1 is 0.383 bits per heavy atom. The number of hydrogen-bond acceptors (Lipinski definition) is 27. The predicted octanol–water partition coefficient (Wildman–Crippen LogP) is 5.30. The zero-order valence-corrected chi connectivity index (χ0v) is 65.0. The van der Waals surface area contributed by atoms with Crippen LogP contribution in [0.25, 0.3) is 33.5 Å². The third-order valence-corrected chi connectivity index (χ3v) is 22.1. The summed E-state index contributed by atoms with van der Waals surface area (Å²) in [6, 6.07) is 25.4. The second kappa shape index (κ2) is 35.6. The molecular formula is C78H87N21O21. The molecule has 0 bridgehead atoms. The molecule has 12 unspecified atom stereocenters. The number of rotatable bonds is 21. The van der Waals surface area contributed by atoms with Crippen LogP contribution in [0.5, 0.6) is 0 Å². The van der Waals surface area contributed by atoms with Crippen LogP contribution in [0.3, 0.4) is 0 Å². The highest BCUT2D eigenvalue weighted by molar-refractivity contribution is 5.98. The fourth-order valence-electron chi connectivity index (χ4n) is 16.5. The molecule has 630 valence electrons. The largest absolute Gasteiger partial charge is 0.481 e. The molecule has 42 nitrogen and oxygen atoms in total. The van der Waals surface area contributed by atoms with Gasteiger partial charge in [0, 0.05) is 62.5 Å². The van der Waals surface area contributed by atoms with Crippen molar-refractivity contribution in [3.05, 3.63) is 146 Å². The minimum absolute atomic E-state index is 0.000480. The van der Waals surface area contributed by atoms with Crippen LogP contribution in [-0.4, -0.2) is 255 Å². The van der Waals surface area contributed by atoms with Gasteiger partial charge in [-0.05, 0) is 52.9 Å². The first-order valence-electron chi connectivity index (χ1n) is 39.6. The van der Waals surface area contributed by atoms with E-state index in [0.717, 1.165) is 16.7 Å². The SMILES string of the molecule is CCNC(=O)Nc1ncnc2c1ncn2C1OC(CC(=O)N2CCC[C@H]2C(=O)O)C2O[C@H](c3ccccc3)OC21.CCNC(=O)Nc1ncnc2c1ncn2C1OC(CC(=O)N2CCC[C@H]2C(=O)O)C2O[C@H](c3ccccc3)OC21.CCNC(=O)Nc1ncnc2c1ncn2C1OC(CC(=O)N2CC[C@@H](C(=O)O)C2)C2O[C@H](c3ccccc3)OC21. The normalized spacial score (nSPS) is 27.6. The van der Waals surface area contributed by atoms with Crippen molar-refractivity contribution in [2.45, 2.75) is 177 Å². The minimum atomic E-state index is -1.01. The number of nitrogens with one attached hydrogen (secondary N) is 6. The van der Waals surface area contributed by atoms with Crippen molar-refractivity contribution in [3.8, 4) is 0 Å². The lowest BCUT2D eigenvalue weighted by Crippen LogP contribution is -2.43. The first-order chi connectivity index (χ1) is 58.3. The summed E-state index contributed by atoms with van der Waals surface area (Å²) in [5, 5.41) is 44.4. The topological polar surface area (TPSA) is 510 Å². The number of carbonyl (C=O) groups is 9. The highest BCUT2D eigenvalue weighted by Gasteiger charge is 2.58. The van der Waals surface area contributed by atoms with Crippen LogP contribution < -0.4 is 31.9 Å². The number of imidazole rings is 3. The molecule has 9 aliphatic heterocycles. The molecule has 9 amide bonds. The quantitative estimate of drug-likeness (QED) is 0.0441. The number of ether oxygens (including phenoxy) is 9. The van der Waals surface area contributed by atoms with Gasteiger partial charge in [0.2, 0.25) is 17.7 Å². The van der Waals surface area contributed by atoms with Gasteiger partial charge in [0.15, 0.2) is 88.5 Å². The van der Waals surface area contributed by atoms with Crippen molar-refractivity contribution in [2.24, 2.45) is 5.92 Å². The summed E-state index contributed by atoms with van der Waals surface area (Å²) in [7, 11) is 0. The van der Waals surface area contributed by atoms with Crippen molar-refractivity contribution >= 4 is 105 Å². The Kier molecular flexibility index (Phi) is 24.2. The molecule has 18 atom stereocenters. The van der Waals surface area contributed by atoms with Gasteiger partial charge in [0.1, 0.15) is 67.7 Å². The number of likely N-dealkylation sites (tertiary alicyclic amines) is 3. The van der Waals surface area contributed by atoms with Gasteiger partial charge in [-0.2, -0.15) is 0 Å². The number of amides is 9. The molecule has 9 aromatic rings. The summed E-state index contributed by atoms with van der Waals surface area (Å²) in [5.41, 5.74) is 4.74. The van der Waals surface area contributed by atoms with E-state index in [-0.39, 0.29) is 61.0 Å². The Labute approximate surface area is 682 Å². The van der Waals surface area contributed by atoms with E-state index in [1.54, 1.807) is 39.4 Å². The van der Waals surface area contributed by atoms with Gasteiger partial charge >= 0.3 is 36.0 Å². The fraction of sp³-hybridized carbons (Fsp3) is 0.462. The molecule has 120 heavy (non-hydrogen) atoms. The van der Waals surface area contributed by atoms with E-state index < -0.39 is 146 Å². The Bertz CT molecular complexity index is 5050. The van der Waals surface area contributed by atoms with E-state index in [1.165, 1.54) is 47.8 Å². The van der Waals surface area contributed by atoms with Crippen molar-refractivity contribution in [1.82, 2.24) is 89.2 Å². The number of carboxylic acid groups (broad SMARTS) is 3. The molecule has 0 radical (unpaired) electrons. The average molecular weight is 1650 g/mol. The smallest absolute Gasteiger partial charge is 0.326 e. The first-order valence-corrected chi connectivity index (χ1v) is 39.6. The number of urea groups is 3. The van der Waals surface area contributed by atoms with Crippen molar-refractivity contribution in [1.29, 1.82) is 0 Å². The Hall–Kier alpha value is -12.4. The summed E-state index contributed by atoms with van der Waals surface area (Å²) in [6.45, 7) is 8.07. The van der Waals surface area contributed by atoms with E-state index in [4.69, 9.17) is 42.6 Å². The molecule has 3 aromatic carbocycles. The van der Waals surface area contributed by atoms with Crippen LogP contribution in [0.15, 0.2) is 129 Å². The van der Waals surface area contributed by atoms with Gasteiger partial charge in [0.25, 0.3) is 0 Å². The molecule has 15 heterocycles. The summed E-state index contributed by atoms with van der Waals surface area (Å²) in [4.78, 5) is 154. The Morgan fingerprint density at radius 3 is 1.02 bits per heavy atom. The molecule has 9 fully saturated rings. The number of aliphatic carboxylic acids is 3. The monoisotopic (exact) mass is 1650 g/mol. The van der Waals surface area contributed by atoms with Crippen LogP contribution in [0.2, 0.25) is 0 Å². The van der Waals surface area contributed by atoms with Crippen molar-refractivity contribution in [2.75, 3.05) is 61.8 Å². The Morgan fingerprint density at radius 2 is 0.708 bits per heavy atom. The number of carboxylic acids is 3. The third kappa shape index (κ3) is 16.7. The third-order valence-electron chi connectivity index (χ3n) is 22.1. The average Bonchev–Trinajstić information content (AvgIpc) is 1.60. The van der Waals surface area contributed by atoms with Gasteiger partial charge in [-0.3, -0.25) is 48.8 Å². The Balaban J connectivity index is 0.000000134. The lowest BCUT2D eigenvalue weighted by atomic mass is 10.1. The standard InChI is InChI=1S/3C26H29N7O7/c2*1-2-27-26(37)31-21-18-22(29-12-28-21)33(13-30-18)23-20-19(39-25(40-20)14-7-4-3-5-8-14)16(38-23)11-17(34)32-10-6-9-15(32)24(35)36;1-2-27-26(37)31-21-18-22(29-12-28-21)33(13-30-18)23-20-19(39-25(40-20)14-6-4-3-5-7-14)16(38-23)10-17(34)32-9-8-15(11-32)24(35)36/h2*3-5,7-8,12-13,15-16,19-20,23,25H,2,6,9-11H2,1H3,(H,35,36)(H2,27,28,29,31,37);3-7,12-13,15-16,19-20,23,25H,2,8-11H2,1H3,(H,35,36)(H2,27,28,29,31,37)/t2*15-,16?,19?,20?,23?,25-;15-,16?,19?,20?,23?,25+/m001/s1. The van der Waals surface area contributed by atoms with Crippen LogP contribution in [0.1, 0.15) is 126 Å². The molecule has 42 heteroatoms. The number of carbonyl (C=O) groups excluding carboxylic acids is 6. The summed E-state index contributed by atoms with van der Waals surface area (Å²) < 4.78 is 62.1. The number of hydrogen-bond donors (Lipinski definition) is 9. The summed E-state index contributed by atoms with van der Waals surface area (Å²) >= 11 is 0. The predicted molar refractivity (Wildman–Crippen MR) is 413 cm³/mol. The number of anilines is 3. The zero-order chi connectivity index (χ0) is 83.4. The van der Waals surface area contributed by atoms with Crippen LogP contribution in [-0.2, 0) is 71.4 Å². The molecule has 9 N–H and O–H groups in total. The highest BCUT2D eigenvalue weighted by Crippen LogP contribution is 2.50. The fourth-order valence-corrected chi connectivity index (χ4v) is 16.5. The molecule has 6 aromatic heterocycles. The molecule has 18 rings (SSSR count). The van der Waals surface area contributed by atoms with Crippen LogP contribution in [0.4, 0.5) is 31.8 Å². The maximum Gasteiger partial charge on any atom is 0.326 e. The maximum absolute atomic E-state index is 13.3. The van der Waals surface area contributed by atoms with E-state index in [1.807, 2.05) is 91.0 Å². The van der Waals surface area contributed by atoms with Crippen molar-refractivity contribution in [3.63, 3.8) is 0 Å². The highest BCUT2D eigenvalue weighted by atomic mass is 16.8. The molecule has 9 aliphatic rings. The van der Waals surface area contributed by atoms with Gasteiger partial charge in [-0.25, -0.2) is 68.8 Å². The van der Waals surface area contributed by atoms with Crippen LogP contribution in [0, 0.1) is 5.92 Å². The molecule has 0 saturated carbocycles. The lowest BCUT2D eigenvalue weighted by molar-refractivity contribution is -0.159. The van der Waals surface area contributed by atoms with Gasteiger partial charge in [-0.15, -0.1) is 0 Å². The molecule has 0 spiro atoms.